The molecular formula is C15H19N3O4. The van der Waals surface area contributed by atoms with E-state index in [0.717, 1.165) is 31.4 Å². The van der Waals surface area contributed by atoms with Crippen molar-refractivity contribution in [3.63, 3.8) is 0 Å². The zero-order valence-corrected chi connectivity index (χ0v) is 12.4. The maximum absolute atomic E-state index is 11.9. The Labute approximate surface area is 128 Å². The molecule has 22 heavy (non-hydrogen) atoms. The third-order valence-electron chi connectivity index (χ3n) is 3.48. The molecule has 1 aromatic carbocycles. The average Bonchev–Trinajstić information content (AvgIpc) is 2.54. The second-order valence-electron chi connectivity index (χ2n) is 5.23. The van der Waals surface area contributed by atoms with Crippen LogP contribution in [0.1, 0.15) is 39.0 Å². The van der Waals surface area contributed by atoms with Crippen LogP contribution in [0.2, 0.25) is 0 Å². The lowest BCUT2D eigenvalue weighted by atomic mass is 9.99. The number of amides is 1. The van der Waals surface area contributed by atoms with Gasteiger partial charge in [-0.15, -0.1) is 0 Å². The number of hydrazone groups is 1. The van der Waals surface area contributed by atoms with E-state index in [9.17, 15) is 14.9 Å². The Bertz CT molecular complexity index is 561. The number of nitro groups is 1. The quantitative estimate of drug-likeness (QED) is 0.668. The lowest BCUT2D eigenvalue weighted by Gasteiger charge is -2.15. The van der Waals surface area contributed by atoms with Crippen LogP contribution in [0.25, 0.3) is 0 Å². The topological polar surface area (TPSA) is 93.8 Å². The van der Waals surface area contributed by atoms with Crippen LogP contribution in [0.4, 0.5) is 5.69 Å². The van der Waals surface area contributed by atoms with Gasteiger partial charge in [0.2, 0.25) is 0 Å². The molecule has 0 aromatic heterocycles. The zero-order valence-electron chi connectivity index (χ0n) is 12.4. The van der Waals surface area contributed by atoms with Crippen LogP contribution in [-0.4, -0.2) is 22.6 Å². The lowest BCUT2D eigenvalue weighted by Crippen LogP contribution is -2.34. The van der Waals surface area contributed by atoms with E-state index in [1.54, 1.807) is 6.92 Å². The van der Waals surface area contributed by atoms with Crippen molar-refractivity contribution in [3.8, 4) is 5.75 Å². The number of ether oxygens (including phenoxy) is 1. The van der Waals surface area contributed by atoms with Crippen molar-refractivity contribution in [2.75, 3.05) is 0 Å². The summed E-state index contributed by atoms with van der Waals surface area (Å²) < 4.78 is 5.45. The first kappa shape index (κ1) is 15.9. The number of carbonyl (C=O) groups is 1. The van der Waals surface area contributed by atoms with Gasteiger partial charge in [0, 0.05) is 17.8 Å². The van der Waals surface area contributed by atoms with E-state index < -0.39 is 11.0 Å². The van der Waals surface area contributed by atoms with E-state index in [2.05, 4.69) is 10.5 Å². The summed E-state index contributed by atoms with van der Waals surface area (Å²) in [5.74, 6) is 0.0648. The first-order valence-corrected chi connectivity index (χ1v) is 7.32. The van der Waals surface area contributed by atoms with Crippen molar-refractivity contribution >= 4 is 17.3 Å². The van der Waals surface area contributed by atoms with E-state index >= 15 is 0 Å². The first-order valence-electron chi connectivity index (χ1n) is 7.32. The summed E-state index contributed by atoms with van der Waals surface area (Å²) in [5, 5.41) is 14.7. The zero-order chi connectivity index (χ0) is 15.9. The first-order chi connectivity index (χ1) is 10.6. The third kappa shape index (κ3) is 4.54. The molecule has 1 amide bonds. The molecule has 7 nitrogen and oxygen atoms in total. The molecule has 0 unspecified atom stereocenters. The molecule has 1 fully saturated rings. The Morgan fingerprint density at radius 3 is 2.50 bits per heavy atom. The minimum Gasteiger partial charge on any atom is -0.481 e. The number of hydrogen-bond donors (Lipinski definition) is 1. The molecule has 118 valence electrons. The maximum atomic E-state index is 11.9. The summed E-state index contributed by atoms with van der Waals surface area (Å²) in [4.78, 5) is 22.0. The van der Waals surface area contributed by atoms with Crippen molar-refractivity contribution in [1.29, 1.82) is 0 Å². The SMILES string of the molecule is C[C@H](Oc1ccc([N+](=O)[O-])cc1)C(=O)NN=C1CCCCC1. The van der Waals surface area contributed by atoms with Crippen molar-refractivity contribution in [1.82, 2.24) is 5.43 Å². The molecule has 1 aromatic rings. The summed E-state index contributed by atoms with van der Waals surface area (Å²) in [6.45, 7) is 1.61. The summed E-state index contributed by atoms with van der Waals surface area (Å²) in [6.07, 6.45) is 4.57. The fourth-order valence-corrected chi connectivity index (χ4v) is 2.20. The number of rotatable bonds is 5. The maximum Gasteiger partial charge on any atom is 0.280 e. The van der Waals surface area contributed by atoms with Crippen LogP contribution in [-0.2, 0) is 4.79 Å². The molecule has 0 spiro atoms. The van der Waals surface area contributed by atoms with Gasteiger partial charge in [-0.25, -0.2) is 5.43 Å². The smallest absolute Gasteiger partial charge is 0.280 e. The van der Waals surface area contributed by atoms with E-state index in [-0.39, 0.29) is 11.6 Å². The van der Waals surface area contributed by atoms with Gasteiger partial charge in [0.05, 0.1) is 4.92 Å². The number of nitro benzene ring substituents is 1. The Morgan fingerprint density at radius 1 is 1.27 bits per heavy atom. The second-order valence-corrected chi connectivity index (χ2v) is 5.23. The summed E-state index contributed by atoms with van der Waals surface area (Å²) in [6, 6.07) is 5.61. The molecule has 0 aliphatic heterocycles. The fraction of sp³-hybridized carbons (Fsp3) is 0.467. The van der Waals surface area contributed by atoms with Gasteiger partial charge in [-0.3, -0.25) is 14.9 Å². The number of nitrogens with zero attached hydrogens (tertiary/aromatic N) is 2. The number of nitrogens with one attached hydrogen (secondary N) is 1. The normalized spacial score (nSPS) is 15.8. The molecule has 0 heterocycles. The molecule has 1 atom stereocenters. The molecule has 7 heteroatoms. The van der Waals surface area contributed by atoms with Gasteiger partial charge < -0.3 is 4.74 Å². The monoisotopic (exact) mass is 305 g/mol. The third-order valence-corrected chi connectivity index (χ3v) is 3.48. The standard InChI is InChI=1S/C15H19N3O4/c1-11(15(19)17-16-12-5-3-2-4-6-12)22-14-9-7-13(8-10-14)18(20)21/h7-11H,2-6H2,1H3,(H,17,19)/t11-/m0/s1. The predicted molar refractivity (Wildman–Crippen MR) is 81.8 cm³/mol. The van der Waals surface area contributed by atoms with Crippen molar-refractivity contribution in [2.24, 2.45) is 5.10 Å². The average molecular weight is 305 g/mol. The summed E-state index contributed by atoms with van der Waals surface area (Å²) in [5.41, 5.74) is 3.51. The predicted octanol–water partition coefficient (Wildman–Crippen LogP) is 2.80. The van der Waals surface area contributed by atoms with E-state index in [0.29, 0.717) is 5.75 Å². The highest BCUT2D eigenvalue weighted by Gasteiger charge is 2.15. The molecule has 1 aliphatic rings. The minimum absolute atomic E-state index is 0.0202. The highest BCUT2D eigenvalue weighted by atomic mass is 16.6. The molecule has 1 N–H and O–H groups in total. The van der Waals surface area contributed by atoms with E-state index in [4.69, 9.17) is 4.74 Å². The van der Waals surface area contributed by atoms with Gasteiger partial charge in [0.1, 0.15) is 5.75 Å². The highest BCUT2D eigenvalue weighted by Crippen LogP contribution is 2.18. The lowest BCUT2D eigenvalue weighted by molar-refractivity contribution is -0.384. The fourth-order valence-electron chi connectivity index (χ4n) is 2.20. The Kier molecular flexibility index (Phi) is 5.46. The molecular weight excluding hydrogens is 286 g/mol. The van der Waals surface area contributed by atoms with Crippen LogP contribution >= 0.6 is 0 Å². The molecule has 1 aliphatic carbocycles. The van der Waals surface area contributed by atoms with Crippen LogP contribution in [0.5, 0.6) is 5.75 Å². The van der Waals surface area contributed by atoms with Crippen LogP contribution in [0.3, 0.4) is 0 Å². The highest BCUT2D eigenvalue weighted by molar-refractivity contribution is 5.87. The van der Waals surface area contributed by atoms with Gasteiger partial charge in [0.25, 0.3) is 11.6 Å². The largest absolute Gasteiger partial charge is 0.481 e. The number of benzene rings is 1. The Morgan fingerprint density at radius 2 is 1.91 bits per heavy atom. The van der Waals surface area contributed by atoms with E-state index in [1.807, 2.05) is 0 Å². The molecule has 2 rings (SSSR count). The summed E-state index contributed by atoms with van der Waals surface area (Å²) >= 11 is 0. The van der Waals surface area contributed by atoms with E-state index in [1.165, 1.54) is 30.7 Å². The number of carbonyl (C=O) groups excluding carboxylic acids is 1. The Balaban J connectivity index is 1.86. The minimum atomic E-state index is -0.727. The Hall–Kier alpha value is -2.44. The van der Waals surface area contributed by atoms with Gasteiger partial charge in [-0.2, -0.15) is 5.10 Å². The number of non-ortho nitro benzene ring substituents is 1. The van der Waals surface area contributed by atoms with Gasteiger partial charge >= 0.3 is 0 Å². The van der Waals surface area contributed by atoms with Crippen molar-refractivity contribution in [2.45, 2.75) is 45.1 Å². The van der Waals surface area contributed by atoms with Crippen molar-refractivity contribution < 1.29 is 14.5 Å². The molecule has 0 bridgehead atoms. The van der Waals surface area contributed by atoms with Crippen LogP contribution < -0.4 is 10.2 Å². The molecule has 0 radical (unpaired) electrons. The van der Waals surface area contributed by atoms with Gasteiger partial charge in [0.15, 0.2) is 6.10 Å². The summed E-state index contributed by atoms with van der Waals surface area (Å²) in [7, 11) is 0. The molecule has 0 saturated heterocycles. The van der Waals surface area contributed by atoms with Crippen LogP contribution in [0, 0.1) is 10.1 Å². The second kappa shape index (κ2) is 7.53. The molecule has 1 saturated carbocycles. The number of hydrogen-bond acceptors (Lipinski definition) is 5. The van der Waals surface area contributed by atoms with Crippen LogP contribution in [0.15, 0.2) is 29.4 Å². The van der Waals surface area contributed by atoms with Gasteiger partial charge in [-0.1, -0.05) is 6.42 Å². The van der Waals surface area contributed by atoms with Gasteiger partial charge in [-0.05, 0) is 44.7 Å². The van der Waals surface area contributed by atoms with Crippen molar-refractivity contribution in [3.05, 3.63) is 34.4 Å².